The maximum absolute atomic E-state index is 6.35. The Hall–Kier alpha value is -6.09. The van der Waals surface area contributed by atoms with Gasteiger partial charge in [-0.25, -0.2) is 0 Å². The number of hydrogen-bond donors (Lipinski definition) is 1. The fraction of sp³-hybridized carbons (Fsp3) is 0.196. The molecular weight excluding hydrogens is 701 g/mol. The second kappa shape index (κ2) is 20.4. The number of allylic oxidation sites excluding steroid dienone is 11. The molecule has 0 aromatic heterocycles. The van der Waals surface area contributed by atoms with Crippen LogP contribution in [-0.4, -0.2) is 12.4 Å². The van der Waals surface area contributed by atoms with Crippen LogP contribution in [0.3, 0.4) is 0 Å². The summed E-state index contributed by atoms with van der Waals surface area (Å²) >= 11 is 0. The highest BCUT2D eigenvalue weighted by atomic mass is 14.9. The highest BCUT2D eigenvalue weighted by molar-refractivity contribution is 6.10. The average molecular weight is 761 g/mol. The molecule has 0 saturated carbocycles. The molecule has 0 heterocycles. The third kappa shape index (κ3) is 9.20. The third-order valence-corrected chi connectivity index (χ3v) is 11.0. The van der Waals surface area contributed by atoms with E-state index in [1.54, 1.807) is 0 Å². The molecule has 2 aliphatic carbocycles. The van der Waals surface area contributed by atoms with Gasteiger partial charge in [-0.2, -0.15) is 0 Å². The van der Waals surface area contributed by atoms with E-state index in [2.05, 4.69) is 186 Å². The van der Waals surface area contributed by atoms with Crippen LogP contribution in [0.15, 0.2) is 188 Å². The van der Waals surface area contributed by atoms with Crippen molar-refractivity contribution in [1.82, 2.24) is 0 Å². The molecule has 0 aliphatic heterocycles. The first kappa shape index (κ1) is 43.0. The van der Waals surface area contributed by atoms with Gasteiger partial charge in [0.25, 0.3) is 0 Å². The predicted octanol–water partition coefficient (Wildman–Crippen LogP) is 14.8. The Bertz CT molecular complexity index is 2390. The number of benzene rings is 5. The van der Waals surface area contributed by atoms with Crippen molar-refractivity contribution in [2.45, 2.75) is 66.2 Å². The lowest BCUT2D eigenvalue weighted by molar-refractivity contribution is 0.660. The summed E-state index contributed by atoms with van der Waals surface area (Å²) in [6.45, 7) is 23.3. The molecule has 0 fully saturated rings. The topological polar surface area (TPSA) is 38.4 Å². The van der Waals surface area contributed by atoms with E-state index in [4.69, 9.17) is 10.7 Å². The van der Waals surface area contributed by atoms with Gasteiger partial charge in [-0.15, -0.1) is 0 Å². The first-order valence-corrected chi connectivity index (χ1v) is 20.8. The van der Waals surface area contributed by atoms with Crippen LogP contribution in [0.2, 0.25) is 0 Å². The zero-order valence-corrected chi connectivity index (χ0v) is 35.6. The second-order valence-electron chi connectivity index (χ2n) is 14.5. The molecule has 2 aliphatic rings. The normalized spacial score (nSPS) is 14.9. The number of hydrogen-bond acceptors (Lipinski definition) is 2. The molecule has 1 unspecified atom stereocenters. The number of rotatable bonds is 12. The van der Waals surface area contributed by atoms with Gasteiger partial charge in [0, 0.05) is 17.0 Å². The fourth-order valence-electron chi connectivity index (χ4n) is 8.08. The second-order valence-corrected chi connectivity index (χ2v) is 14.5. The van der Waals surface area contributed by atoms with E-state index in [1.807, 2.05) is 45.9 Å². The highest BCUT2D eigenvalue weighted by Gasteiger charge is 2.35. The standard InChI is InChI=1S/C52H48N2.2C2H6/c1-6-8-18-38-23-17-25-44(36(38)3)48(32-37(7-2)42-29-30-50-47(33-42)45-24-15-16-26-49(45)52(50,4)5)51(54-35-53)34-46(40-21-13-10-14-22-40)43-28-27-41(31-43)39-19-11-9-12-20-39;2*1-2/h6-30,32-34,48H,1-2,31,35,53H2,3-5H3;2*1-2H3/b18-8-,37-32+,46-34+,54-51+;;. The van der Waals surface area contributed by atoms with Crippen molar-refractivity contribution in [3.05, 3.63) is 227 Å². The molecule has 0 radical (unpaired) electrons. The molecule has 2 nitrogen and oxygen atoms in total. The highest BCUT2D eigenvalue weighted by Crippen LogP contribution is 2.49. The summed E-state index contributed by atoms with van der Waals surface area (Å²) in [6, 6.07) is 43.4. The van der Waals surface area contributed by atoms with Crippen LogP contribution in [0.5, 0.6) is 0 Å². The van der Waals surface area contributed by atoms with Crippen LogP contribution < -0.4 is 5.73 Å². The number of fused-ring (bicyclic) bond motifs is 3. The summed E-state index contributed by atoms with van der Waals surface area (Å²) in [6.07, 6.45) is 17.8. The summed E-state index contributed by atoms with van der Waals surface area (Å²) in [5.74, 6) is -0.224. The van der Waals surface area contributed by atoms with E-state index >= 15 is 0 Å². The van der Waals surface area contributed by atoms with Crippen LogP contribution in [0, 0.1) is 6.92 Å². The van der Waals surface area contributed by atoms with E-state index in [9.17, 15) is 0 Å². The lowest BCUT2D eigenvalue weighted by Crippen LogP contribution is -2.15. The summed E-state index contributed by atoms with van der Waals surface area (Å²) in [5.41, 5.74) is 24.2. The fourth-order valence-corrected chi connectivity index (χ4v) is 8.08. The van der Waals surface area contributed by atoms with Gasteiger partial charge in [0.05, 0.1) is 6.67 Å². The predicted molar refractivity (Wildman–Crippen MR) is 256 cm³/mol. The zero-order valence-electron chi connectivity index (χ0n) is 35.6. The van der Waals surface area contributed by atoms with Crippen LogP contribution in [0.1, 0.15) is 98.4 Å². The molecule has 0 bridgehead atoms. The minimum absolute atomic E-state index is 0.0642. The Labute approximate surface area is 349 Å². The van der Waals surface area contributed by atoms with E-state index in [-0.39, 0.29) is 18.0 Å². The molecule has 0 amide bonds. The van der Waals surface area contributed by atoms with Crippen LogP contribution in [0.4, 0.5) is 0 Å². The van der Waals surface area contributed by atoms with Crippen molar-refractivity contribution in [3.8, 4) is 11.1 Å². The SMILES string of the molecule is C=C/C=C\c1cccc(C(/C=C(\C=C)c2ccc3c(c2)-c2ccccc2C3(C)C)C(/C=C(/C2=CC=C(c3ccccc3)C2)c2ccccc2)=N/CN)c1C.CC.CC. The Morgan fingerprint density at radius 3 is 2.12 bits per heavy atom. The lowest BCUT2D eigenvalue weighted by Gasteiger charge is -2.22. The first-order valence-electron chi connectivity index (χ1n) is 20.8. The summed E-state index contributed by atoms with van der Waals surface area (Å²) < 4.78 is 0. The quantitative estimate of drug-likeness (QED) is 0.0998. The Morgan fingerprint density at radius 2 is 1.43 bits per heavy atom. The molecule has 7 rings (SSSR count). The Morgan fingerprint density at radius 1 is 0.759 bits per heavy atom. The maximum atomic E-state index is 6.35. The monoisotopic (exact) mass is 760 g/mol. The number of nitrogens with two attached hydrogens (primary N) is 1. The molecule has 5 aromatic carbocycles. The summed E-state index contributed by atoms with van der Waals surface area (Å²) in [7, 11) is 0. The minimum Gasteiger partial charge on any atom is -0.312 e. The number of aliphatic imine (C=N–C) groups is 1. The van der Waals surface area contributed by atoms with Crippen LogP contribution in [-0.2, 0) is 5.41 Å². The number of nitrogens with zero attached hydrogens (tertiary/aromatic N) is 1. The average Bonchev–Trinajstić information content (AvgIpc) is 3.85. The van der Waals surface area contributed by atoms with Gasteiger partial charge >= 0.3 is 0 Å². The van der Waals surface area contributed by atoms with E-state index in [1.165, 1.54) is 44.5 Å². The van der Waals surface area contributed by atoms with Crippen molar-refractivity contribution in [3.63, 3.8) is 0 Å². The van der Waals surface area contributed by atoms with Gasteiger partial charge < -0.3 is 5.73 Å². The Balaban J connectivity index is 0.00000155. The Kier molecular flexibility index (Phi) is 15.1. The van der Waals surface area contributed by atoms with Crippen molar-refractivity contribution >= 4 is 28.5 Å². The molecule has 58 heavy (non-hydrogen) atoms. The maximum Gasteiger partial charge on any atom is 0.0863 e. The van der Waals surface area contributed by atoms with Crippen molar-refractivity contribution in [2.24, 2.45) is 10.7 Å². The van der Waals surface area contributed by atoms with Crippen molar-refractivity contribution < 1.29 is 0 Å². The van der Waals surface area contributed by atoms with Gasteiger partial charge in [0.15, 0.2) is 0 Å². The van der Waals surface area contributed by atoms with E-state index < -0.39 is 0 Å². The zero-order chi connectivity index (χ0) is 41.7. The molecule has 0 saturated heterocycles. The molecule has 0 spiro atoms. The van der Waals surface area contributed by atoms with Gasteiger partial charge in [-0.1, -0.05) is 212 Å². The smallest absolute Gasteiger partial charge is 0.0863 e. The summed E-state index contributed by atoms with van der Waals surface area (Å²) in [4.78, 5) is 5.10. The molecule has 2 N–H and O–H groups in total. The van der Waals surface area contributed by atoms with Gasteiger partial charge in [-0.3, -0.25) is 4.99 Å². The van der Waals surface area contributed by atoms with Gasteiger partial charge in [0.2, 0.25) is 0 Å². The van der Waals surface area contributed by atoms with Crippen molar-refractivity contribution in [1.29, 1.82) is 0 Å². The first-order chi connectivity index (χ1) is 28.3. The largest absolute Gasteiger partial charge is 0.312 e. The lowest BCUT2D eigenvalue weighted by atomic mass is 9.81. The third-order valence-electron chi connectivity index (χ3n) is 11.0. The molecular formula is C56H60N2. The summed E-state index contributed by atoms with van der Waals surface area (Å²) in [5, 5.41) is 0. The molecule has 5 aromatic rings. The van der Waals surface area contributed by atoms with Gasteiger partial charge in [-0.05, 0) is 103 Å². The molecule has 1 atom stereocenters. The van der Waals surface area contributed by atoms with Crippen LogP contribution in [0.25, 0.3) is 33.9 Å². The minimum atomic E-state index is -0.224. The van der Waals surface area contributed by atoms with Gasteiger partial charge in [0.1, 0.15) is 0 Å². The van der Waals surface area contributed by atoms with E-state index in [0.29, 0.717) is 0 Å². The molecule has 2 heteroatoms. The van der Waals surface area contributed by atoms with E-state index in [0.717, 1.165) is 45.5 Å². The molecule has 294 valence electrons. The van der Waals surface area contributed by atoms with Crippen molar-refractivity contribution in [2.75, 3.05) is 6.67 Å². The van der Waals surface area contributed by atoms with Crippen LogP contribution >= 0.6 is 0 Å².